The Labute approximate surface area is 104 Å². The molecule has 0 aliphatic rings. The third kappa shape index (κ3) is 2.25. The zero-order valence-electron chi connectivity index (χ0n) is 10.1. The van der Waals surface area contributed by atoms with Gasteiger partial charge in [-0.25, -0.2) is 14.2 Å². The lowest BCUT2D eigenvalue weighted by Crippen LogP contribution is -2.14. The van der Waals surface area contributed by atoms with Gasteiger partial charge in [0.2, 0.25) is 0 Å². The van der Waals surface area contributed by atoms with Crippen LogP contribution in [0.5, 0.6) is 0 Å². The molecule has 1 atom stereocenters. The molecule has 94 valence electrons. The second-order valence-corrected chi connectivity index (χ2v) is 3.91. The van der Waals surface area contributed by atoms with Crippen LogP contribution in [0.15, 0.2) is 36.8 Å². The minimum atomic E-state index is -0.462. The summed E-state index contributed by atoms with van der Waals surface area (Å²) in [5, 5.41) is 0. The van der Waals surface area contributed by atoms with Gasteiger partial charge in [0.25, 0.3) is 0 Å². The van der Waals surface area contributed by atoms with Crippen molar-refractivity contribution in [2.75, 3.05) is 7.11 Å². The fourth-order valence-corrected chi connectivity index (χ4v) is 1.80. The fraction of sp³-hybridized carbons (Fsp3) is 0.231. The summed E-state index contributed by atoms with van der Waals surface area (Å²) < 4.78 is 19.5. The molecule has 2 aromatic rings. The van der Waals surface area contributed by atoms with E-state index in [9.17, 15) is 9.18 Å². The first-order valence-electron chi connectivity index (χ1n) is 5.49. The van der Waals surface area contributed by atoms with E-state index in [1.807, 2.05) is 6.92 Å². The molecule has 4 nitrogen and oxygen atoms in total. The number of hydrogen-bond donors (Lipinski definition) is 0. The number of carbonyl (C=O) groups excluding carboxylic acids is 1. The lowest BCUT2D eigenvalue weighted by molar-refractivity contribution is 0.0587. The zero-order valence-corrected chi connectivity index (χ0v) is 10.1. The van der Waals surface area contributed by atoms with Crippen molar-refractivity contribution in [1.82, 2.24) is 9.55 Å². The highest BCUT2D eigenvalue weighted by molar-refractivity contribution is 5.87. The molecule has 18 heavy (non-hydrogen) atoms. The van der Waals surface area contributed by atoms with E-state index in [-0.39, 0.29) is 11.9 Å². The van der Waals surface area contributed by atoms with Crippen LogP contribution in [0.1, 0.15) is 29.0 Å². The van der Waals surface area contributed by atoms with Gasteiger partial charge >= 0.3 is 5.97 Å². The second-order valence-electron chi connectivity index (χ2n) is 3.91. The lowest BCUT2D eigenvalue weighted by atomic mass is 10.1. The first-order chi connectivity index (χ1) is 8.63. The number of rotatable bonds is 3. The Bertz CT molecular complexity index is 566. The van der Waals surface area contributed by atoms with Gasteiger partial charge in [0.15, 0.2) is 0 Å². The summed E-state index contributed by atoms with van der Waals surface area (Å²) in [4.78, 5) is 15.5. The highest BCUT2D eigenvalue weighted by Crippen LogP contribution is 2.20. The van der Waals surface area contributed by atoms with E-state index in [4.69, 9.17) is 0 Å². The number of methoxy groups -OCH3 is 1. The third-order valence-electron chi connectivity index (χ3n) is 2.81. The molecule has 0 bridgehead atoms. The van der Waals surface area contributed by atoms with Gasteiger partial charge in [-0.2, -0.15) is 0 Å². The maximum Gasteiger partial charge on any atom is 0.356 e. The van der Waals surface area contributed by atoms with Gasteiger partial charge in [-0.05, 0) is 24.6 Å². The molecule has 1 aromatic heterocycles. The van der Waals surface area contributed by atoms with Crippen molar-refractivity contribution >= 4 is 5.97 Å². The Morgan fingerprint density at radius 2 is 2.28 bits per heavy atom. The van der Waals surface area contributed by atoms with E-state index >= 15 is 0 Å². The van der Waals surface area contributed by atoms with E-state index in [0.29, 0.717) is 5.69 Å². The SMILES string of the molecule is COC(=O)c1cncn1[C@H](C)c1cccc(F)c1. The first kappa shape index (κ1) is 12.3. The minimum Gasteiger partial charge on any atom is -0.464 e. The second kappa shape index (κ2) is 5.00. The highest BCUT2D eigenvalue weighted by atomic mass is 19.1. The molecule has 0 amide bonds. The highest BCUT2D eigenvalue weighted by Gasteiger charge is 2.17. The summed E-state index contributed by atoms with van der Waals surface area (Å²) in [5.74, 6) is -0.769. The van der Waals surface area contributed by atoms with Crippen molar-refractivity contribution < 1.29 is 13.9 Å². The molecule has 0 N–H and O–H groups in total. The van der Waals surface area contributed by atoms with Gasteiger partial charge in [-0.3, -0.25) is 0 Å². The Morgan fingerprint density at radius 1 is 1.50 bits per heavy atom. The maximum absolute atomic E-state index is 13.2. The van der Waals surface area contributed by atoms with Gasteiger partial charge in [0, 0.05) is 0 Å². The number of esters is 1. The fourth-order valence-electron chi connectivity index (χ4n) is 1.80. The molecule has 0 spiro atoms. The van der Waals surface area contributed by atoms with Crippen LogP contribution in [-0.2, 0) is 4.74 Å². The molecule has 0 fully saturated rings. The standard InChI is InChI=1S/C13H13FN2O2/c1-9(10-4-3-5-11(14)6-10)16-8-15-7-12(16)13(17)18-2/h3-9H,1-2H3/t9-/m1/s1. The van der Waals surface area contributed by atoms with E-state index in [1.54, 1.807) is 16.7 Å². The summed E-state index contributed by atoms with van der Waals surface area (Å²) >= 11 is 0. The van der Waals surface area contributed by atoms with Crippen LogP contribution in [0, 0.1) is 5.82 Å². The van der Waals surface area contributed by atoms with Crippen LogP contribution < -0.4 is 0 Å². The number of halogens is 1. The summed E-state index contributed by atoms with van der Waals surface area (Å²) in [6, 6.07) is 6.05. The van der Waals surface area contributed by atoms with Crippen LogP contribution in [0.3, 0.4) is 0 Å². The van der Waals surface area contributed by atoms with Gasteiger partial charge in [-0.1, -0.05) is 12.1 Å². The molecular weight excluding hydrogens is 235 g/mol. The number of aromatic nitrogens is 2. The van der Waals surface area contributed by atoms with Crippen LogP contribution >= 0.6 is 0 Å². The molecule has 0 aliphatic carbocycles. The van der Waals surface area contributed by atoms with Crippen molar-refractivity contribution in [1.29, 1.82) is 0 Å². The minimum absolute atomic E-state index is 0.197. The number of nitrogens with zero attached hydrogens (tertiary/aromatic N) is 2. The van der Waals surface area contributed by atoms with Gasteiger partial charge in [0.05, 0.1) is 25.7 Å². The van der Waals surface area contributed by atoms with Crippen molar-refractivity contribution in [2.24, 2.45) is 0 Å². The third-order valence-corrected chi connectivity index (χ3v) is 2.81. The predicted molar refractivity (Wildman–Crippen MR) is 63.8 cm³/mol. The Hall–Kier alpha value is -2.17. The van der Waals surface area contributed by atoms with E-state index in [1.165, 1.54) is 31.8 Å². The van der Waals surface area contributed by atoms with Crippen LogP contribution in [0.25, 0.3) is 0 Å². The molecule has 0 aliphatic heterocycles. The number of benzene rings is 1. The van der Waals surface area contributed by atoms with E-state index in [0.717, 1.165) is 5.56 Å². The summed E-state index contributed by atoms with van der Waals surface area (Å²) in [7, 11) is 1.31. The van der Waals surface area contributed by atoms with Crippen molar-refractivity contribution in [3.05, 3.63) is 53.9 Å². The zero-order chi connectivity index (χ0) is 13.1. The Morgan fingerprint density at radius 3 is 2.94 bits per heavy atom. The molecule has 1 aromatic carbocycles. The molecule has 0 unspecified atom stereocenters. The summed E-state index contributed by atoms with van der Waals surface area (Å²) in [6.45, 7) is 1.86. The number of imidazole rings is 1. The first-order valence-corrected chi connectivity index (χ1v) is 5.49. The molecule has 0 radical (unpaired) electrons. The molecule has 0 saturated heterocycles. The van der Waals surface area contributed by atoms with Gasteiger partial charge in [0.1, 0.15) is 11.5 Å². The summed E-state index contributed by atoms with van der Waals surface area (Å²) in [5.41, 5.74) is 1.10. The van der Waals surface area contributed by atoms with E-state index < -0.39 is 5.97 Å². The van der Waals surface area contributed by atoms with Gasteiger partial charge < -0.3 is 9.30 Å². The molecular formula is C13H13FN2O2. The normalized spacial score (nSPS) is 12.2. The quantitative estimate of drug-likeness (QED) is 0.783. The average Bonchev–Trinajstić information content (AvgIpc) is 2.86. The Balaban J connectivity index is 2.37. The van der Waals surface area contributed by atoms with Crippen LogP contribution in [0.2, 0.25) is 0 Å². The molecule has 0 saturated carbocycles. The van der Waals surface area contributed by atoms with Crippen molar-refractivity contribution in [2.45, 2.75) is 13.0 Å². The lowest BCUT2D eigenvalue weighted by Gasteiger charge is -2.16. The molecule has 1 heterocycles. The van der Waals surface area contributed by atoms with Crippen molar-refractivity contribution in [3.63, 3.8) is 0 Å². The predicted octanol–water partition coefficient (Wildman–Crippen LogP) is 2.42. The largest absolute Gasteiger partial charge is 0.464 e. The van der Waals surface area contributed by atoms with Gasteiger partial charge in [-0.15, -0.1) is 0 Å². The smallest absolute Gasteiger partial charge is 0.356 e. The number of carbonyl (C=O) groups is 1. The molecule has 5 heteroatoms. The van der Waals surface area contributed by atoms with Crippen LogP contribution in [-0.4, -0.2) is 22.6 Å². The van der Waals surface area contributed by atoms with Crippen LogP contribution in [0.4, 0.5) is 4.39 Å². The number of hydrogen-bond acceptors (Lipinski definition) is 3. The number of ether oxygens (including phenoxy) is 1. The van der Waals surface area contributed by atoms with Crippen molar-refractivity contribution in [3.8, 4) is 0 Å². The van der Waals surface area contributed by atoms with E-state index in [2.05, 4.69) is 9.72 Å². The topological polar surface area (TPSA) is 44.1 Å². The average molecular weight is 248 g/mol. The maximum atomic E-state index is 13.2. The monoisotopic (exact) mass is 248 g/mol. The summed E-state index contributed by atoms with van der Waals surface area (Å²) in [6.07, 6.45) is 2.96. The molecule has 2 rings (SSSR count). The Kier molecular flexibility index (Phi) is 3.41.